The molecule has 1 unspecified atom stereocenters. The molecule has 0 bridgehead atoms. The molecule has 0 aliphatic heterocycles. The Hall–Kier alpha value is -2.12. The number of benzene rings is 2. The van der Waals surface area contributed by atoms with Crippen LogP contribution in [-0.2, 0) is 4.74 Å². The van der Waals surface area contributed by atoms with Gasteiger partial charge in [-0.25, -0.2) is 13.2 Å². The molecular formula is C36H48F4O3. The molecule has 238 valence electrons. The Kier molecular flexibility index (Phi) is 11.1. The highest BCUT2D eigenvalue weighted by Gasteiger charge is 2.34. The van der Waals surface area contributed by atoms with Gasteiger partial charge in [0, 0.05) is 12.2 Å². The van der Waals surface area contributed by atoms with Crippen LogP contribution in [0.1, 0.15) is 132 Å². The lowest BCUT2D eigenvalue weighted by Gasteiger charge is -2.38. The number of hydrogen-bond acceptors (Lipinski definition) is 3. The molecule has 2 aromatic carbocycles. The van der Waals surface area contributed by atoms with Gasteiger partial charge in [0.05, 0.1) is 18.8 Å². The number of aliphatic hydroxyl groups excluding tert-OH is 1. The van der Waals surface area contributed by atoms with Crippen molar-refractivity contribution >= 4 is 0 Å². The van der Waals surface area contributed by atoms with E-state index >= 15 is 0 Å². The first-order chi connectivity index (χ1) is 20.8. The van der Waals surface area contributed by atoms with E-state index in [-0.39, 0.29) is 29.3 Å². The molecular weight excluding hydrogens is 556 g/mol. The van der Waals surface area contributed by atoms with E-state index in [9.17, 15) is 22.7 Å². The molecule has 3 saturated carbocycles. The fourth-order valence-electron chi connectivity index (χ4n) is 8.04. The van der Waals surface area contributed by atoms with Crippen molar-refractivity contribution in [3.05, 3.63) is 64.2 Å². The molecule has 5 rings (SSSR count). The number of ether oxygens (including phenoxy) is 2. The molecule has 3 aliphatic carbocycles. The lowest BCUT2D eigenvalue weighted by atomic mass is 9.68. The minimum Gasteiger partial charge on any atom is -0.491 e. The van der Waals surface area contributed by atoms with E-state index in [0.29, 0.717) is 41.9 Å². The van der Waals surface area contributed by atoms with Crippen molar-refractivity contribution in [2.24, 2.45) is 17.8 Å². The number of rotatable bonds is 10. The van der Waals surface area contributed by atoms with E-state index in [1.807, 2.05) is 0 Å². The zero-order valence-corrected chi connectivity index (χ0v) is 25.7. The lowest BCUT2D eigenvalue weighted by molar-refractivity contribution is -0.00764. The van der Waals surface area contributed by atoms with E-state index in [1.165, 1.54) is 31.7 Å². The maximum atomic E-state index is 14.8. The van der Waals surface area contributed by atoms with E-state index in [1.54, 1.807) is 32.0 Å². The summed E-state index contributed by atoms with van der Waals surface area (Å²) in [5.41, 5.74) is 0.961. The van der Waals surface area contributed by atoms with Crippen LogP contribution in [0, 0.1) is 41.0 Å². The smallest absolute Gasteiger partial charge is 0.200 e. The summed E-state index contributed by atoms with van der Waals surface area (Å²) < 4.78 is 70.1. The minimum absolute atomic E-state index is 0.00634. The Morgan fingerprint density at radius 1 is 0.674 bits per heavy atom. The molecule has 1 N–H and O–H groups in total. The van der Waals surface area contributed by atoms with Gasteiger partial charge in [-0.3, -0.25) is 0 Å². The molecule has 7 heteroatoms. The molecule has 3 aliphatic rings. The SMILES string of the molecule is CCOc1ccc(C2CCC(C3CCC(COC4CCC(c5ccc(C(O)CC)c(F)c5F)CC4)CC3)CC2)c(F)c1F. The Labute approximate surface area is 254 Å². The summed E-state index contributed by atoms with van der Waals surface area (Å²) in [6.45, 7) is 4.58. The standard InChI is InChI=1S/C36H48F4O3/c1-3-31(41)30-18-17-28(33(37)35(30)39)26-13-15-27(16-14-26)43-21-22-5-7-23(8-6-22)24-9-11-25(12-10-24)29-19-20-32(42-4-2)36(40)34(29)38/h17-20,22-27,31,41H,3-16,21H2,1-2H3. The van der Waals surface area contributed by atoms with Crippen LogP contribution in [0.3, 0.4) is 0 Å². The van der Waals surface area contributed by atoms with Gasteiger partial charge in [-0.1, -0.05) is 25.1 Å². The second kappa shape index (κ2) is 14.8. The summed E-state index contributed by atoms with van der Waals surface area (Å²) in [4.78, 5) is 0. The number of halogens is 4. The average molecular weight is 605 g/mol. The third-order valence-electron chi connectivity index (χ3n) is 10.7. The molecule has 0 spiro atoms. The van der Waals surface area contributed by atoms with Crippen LogP contribution in [0.2, 0.25) is 0 Å². The van der Waals surface area contributed by atoms with Crippen molar-refractivity contribution in [1.82, 2.24) is 0 Å². The topological polar surface area (TPSA) is 38.7 Å². The van der Waals surface area contributed by atoms with Gasteiger partial charge in [0.2, 0.25) is 5.82 Å². The summed E-state index contributed by atoms with van der Waals surface area (Å²) in [7, 11) is 0. The molecule has 0 radical (unpaired) electrons. The van der Waals surface area contributed by atoms with Crippen molar-refractivity contribution in [3.8, 4) is 5.75 Å². The van der Waals surface area contributed by atoms with Gasteiger partial charge in [0.25, 0.3) is 0 Å². The maximum Gasteiger partial charge on any atom is 0.200 e. The number of hydrogen-bond donors (Lipinski definition) is 1. The highest BCUT2D eigenvalue weighted by Crippen LogP contribution is 2.45. The van der Waals surface area contributed by atoms with Crippen LogP contribution in [0.5, 0.6) is 5.75 Å². The first kappa shape index (κ1) is 32.3. The van der Waals surface area contributed by atoms with Gasteiger partial charge in [0.1, 0.15) is 0 Å². The fourth-order valence-corrected chi connectivity index (χ4v) is 8.04. The van der Waals surface area contributed by atoms with Crippen molar-refractivity contribution in [2.75, 3.05) is 13.2 Å². The van der Waals surface area contributed by atoms with Crippen LogP contribution in [0.25, 0.3) is 0 Å². The van der Waals surface area contributed by atoms with Crippen LogP contribution >= 0.6 is 0 Å². The van der Waals surface area contributed by atoms with E-state index in [4.69, 9.17) is 9.47 Å². The van der Waals surface area contributed by atoms with Gasteiger partial charge < -0.3 is 14.6 Å². The molecule has 3 nitrogen and oxygen atoms in total. The molecule has 0 heterocycles. The number of aliphatic hydroxyl groups is 1. The zero-order valence-electron chi connectivity index (χ0n) is 25.7. The third-order valence-corrected chi connectivity index (χ3v) is 10.7. The van der Waals surface area contributed by atoms with E-state index < -0.39 is 29.4 Å². The highest BCUT2D eigenvalue weighted by molar-refractivity contribution is 5.33. The minimum atomic E-state index is -0.981. The Morgan fingerprint density at radius 2 is 1.21 bits per heavy atom. The normalized spacial score (nSPS) is 28.9. The van der Waals surface area contributed by atoms with Crippen molar-refractivity contribution in [2.45, 2.75) is 121 Å². The Bertz CT molecular complexity index is 1200. The zero-order chi connectivity index (χ0) is 30.5. The van der Waals surface area contributed by atoms with Crippen LogP contribution in [0.15, 0.2) is 24.3 Å². The molecule has 1 atom stereocenters. The molecule has 2 aromatic rings. The van der Waals surface area contributed by atoms with Gasteiger partial charge in [0.15, 0.2) is 23.2 Å². The average Bonchev–Trinajstić information content (AvgIpc) is 3.04. The lowest BCUT2D eigenvalue weighted by Crippen LogP contribution is -2.29. The molecule has 3 fully saturated rings. The summed E-state index contributed by atoms with van der Waals surface area (Å²) in [6.07, 6.45) is 11.5. The third kappa shape index (κ3) is 7.41. The molecule has 0 aromatic heterocycles. The van der Waals surface area contributed by atoms with Gasteiger partial charge in [-0.15, -0.1) is 0 Å². The molecule has 0 saturated heterocycles. The Morgan fingerprint density at radius 3 is 1.79 bits per heavy atom. The quantitative estimate of drug-likeness (QED) is 0.274. The summed E-state index contributed by atoms with van der Waals surface area (Å²) >= 11 is 0. The van der Waals surface area contributed by atoms with Crippen LogP contribution in [-0.4, -0.2) is 24.4 Å². The summed E-state index contributed by atoms with van der Waals surface area (Å²) in [5, 5.41) is 9.95. The monoisotopic (exact) mass is 604 g/mol. The maximum absolute atomic E-state index is 14.8. The van der Waals surface area contributed by atoms with E-state index in [2.05, 4.69) is 0 Å². The van der Waals surface area contributed by atoms with Gasteiger partial charge in [-0.05, 0) is 137 Å². The molecule has 0 amide bonds. The second-order valence-corrected chi connectivity index (χ2v) is 13.2. The summed E-state index contributed by atoms with van der Waals surface area (Å²) in [6, 6.07) is 6.47. The highest BCUT2D eigenvalue weighted by atomic mass is 19.2. The second-order valence-electron chi connectivity index (χ2n) is 13.2. The predicted molar refractivity (Wildman–Crippen MR) is 160 cm³/mol. The van der Waals surface area contributed by atoms with Crippen LogP contribution < -0.4 is 4.74 Å². The van der Waals surface area contributed by atoms with Gasteiger partial charge in [-0.2, -0.15) is 4.39 Å². The fraction of sp³-hybridized carbons (Fsp3) is 0.667. The first-order valence-electron chi connectivity index (χ1n) is 16.7. The van der Waals surface area contributed by atoms with E-state index in [0.717, 1.165) is 58.0 Å². The largest absolute Gasteiger partial charge is 0.491 e. The first-order valence-corrected chi connectivity index (χ1v) is 16.7. The molecule has 43 heavy (non-hydrogen) atoms. The van der Waals surface area contributed by atoms with Gasteiger partial charge >= 0.3 is 0 Å². The van der Waals surface area contributed by atoms with Crippen molar-refractivity contribution < 1.29 is 32.1 Å². The van der Waals surface area contributed by atoms with Crippen molar-refractivity contribution in [1.29, 1.82) is 0 Å². The summed E-state index contributed by atoms with van der Waals surface area (Å²) in [5.74, 6) is -1.35. The van der Waals surface area contributed by atoms with Crippen molar-refractivity contribution in [3.63, 3.8) is 0 Å². The van der Waals surface area contributed by atoms with Crippen LogP contribution in [0.4, 0.5) is 17.6 Å². The Balaban J connectivity index is 1.02. The predicted octanol–water partition coefficient (Wildman–Crippen LogP) is 9.91.